The molecule has 0 fully saturated rings. The van der Waals surface area contributed by atoms with Gasteiger partial charge in [0.2, 0.25) is 0 Å². The predicted octanol–water partition coefficient (Wildman–Crippen LogP) is 6.82. The minimum Gasteiger partial charge on any atom is -0.310 e. The largest absolute Gasteiger partial charge is 0.310 e. The van der Waals surface area contributed by atoms with E-state index in [9.17, 15) is 0 Å². The summed E-state index contributed by atoms with van der Waals surface area (Å²) in [6, 6.07) is 28.1. The highest BCUT2D eigenvalue weighted by molar-refractivity contribution is 5.85. The predicted molar refractivity (Wildman–Crippen MR) is 105 cm³/mol. The highest BCUT2D eigenvalue weighted by Crippen LogP contribution is 2.51. The third kappa shape index (κ3) is 2.50. The maximum absolute atomic E-state index is 2.37. The van der Waals surface area contributed by atoms with Gasteiger partial charge in [-0.2, -0.15) is 0 Å². The van der Waals surface area contributed by atoms with Gasteiger partial charge in [0.1, 0.15) is 0 Å². The summed E-state index contributed by atoms with van der Waals surface area (Å²) in [6.45, 7) is 8.62. The van der Waals surface area contributed by atoms with Crippen LogP contribution in [0.2, 0.25) is 0 Å². The van der Waals surface area contributed by atoms with Crippen LogP contribution in [0.3, 0.4) is 0 Å². The summed E-state index contributed by atoms with van der Waals surface area (Å²) in [5, 5.41) is 0. The van der Waals surface area contributed by atoms with E-state index in [1.54, 1.807) is 0 Å². The minimum atomic E-state index is 0.0124. The normalized spacial score (nSPS) is 14.1. The minimum absolute atomic E-state index is 0.0124. The Morgan fingerprint density at radius 1 is 0.583 bits per heavy atom. The van der Waals surface area contributed by atoms with Gasteiger partial charge in [-0.3, -0.25) is 0 Å². The summed E-state index contributed by atoms with van der Waals surface area (Å²) < 4.78 is 0. The van der Waals surface area contributed by atoms with Crippen molar-refractivity contribution in [3.63, 3.8) is 0 Å². The monoisotopic (exact) mass is 315 g/mol. The van der Waals surface area contributed by atoms with Gasteiger partial charge in [0.15, 0.2) is 0 Å². The van der Waals surface area contributed by atoms with Gasteiger partial charge in [-0.15, -0.1) is 0 Å². The van der Waals surface area contributed by atoms with Crippen molar-refractivity contribution in [1.29, 1.82) is 0 Å². The first kappa shape index (κ1) is 16.3. The smallest absolute Gasteiger partial charge is 0.0502 e. The van der Waals surface area contributed by atoms with Crippen molar-refractivity contribution in [2.75, 3.05) is 4.90 Å². The van der Waals surface area contributed by atoms with Crippen LogP contribution in [0.5, 0.6) is 0 Å². The quantitative estimate of drug-likeness (QED) is 0.476. The van der Waals surface area contributed by atoms with Crippen LogP contribution in [-0.4, -0.2) is 0 Å². The van der Waals surface area contributed by atoms with Crippen LogP contribution in [-0.2, 0) is 5.41 Å². The average molecular weight is 315 g/mol. The van der Waals surface area contributed by atoms with E-state index >= 15 is 0 Å². The summed E-state index contributed by atoms with van der Waals surface area (Å²) in [4.78, 5) is 2.37. The molecule has 1 aliphatic heterocycles. The van der Waals surface area contributed by atoms with Gasteiger partial charge in [-0.1, -0.05) is 82.3 Å². The summed E-state index contributed by atoms with van der Waals surface area (Å²) >= 11 is 0. The summed E-state index contributed by atoms with van der Waals surface area (Å²) in [5.74, 6) is 0. The summed E-state index contributed by atoms with van der Waals surface area (Å²) in [7, 11) is 0. The lowest BCUT2D eigenvalue weighted by Gasteiger charge is -2.42. The maximum Gasteiger partial charge on any atom is 0.0502 e. The van der Waals surface area contributed by atoms with E-state index < -0.39 is 0 Å². The number of nitrogens with zero attached hydrogens (tertiary/aromatic N) is 1. The molecule has 1 aliphatic rings. The van der Waals surface area contributed by atoms with E-state index in [1.165, 1.54) is 28.2 Å². The van der Waals surface area contributed by atoms with Crippen LogP contribution in [0.1, 0.15) is 38.8 Å². The van der Waals surface area contributed by atoms with Crippen LogP contribution in [0.25, 0.3) is 0 Å². The van der Waals surface area contributed by atoms with Gasteiger partial charge in [-0.05, 0) is 35.4 Å². The first-order valence-corrected chi connectivity index (χ1v) is 8.74. The Labute approximate surface area is 145 Å². The molecule has 3 aromatic carbocycles. The molecule has 0 spiro atoms. The van der Waals surface area contributed by atoms with Crippen LogP contribution in [0, 0.1) is 0 Å². The molecular formula is C23H25N. The molecule has 0 aliphatic carbocycles. The fourth-order valence-corrected chi connectivity index (χ4v) is 3.52. The van der Waals surface area contributed by atoms with Gasteiger partial charge >= 0.3 is 0 Å². The Balaban J connectivity index is 0.000000815. The van der Waals surface area contributed by atoms with E-state index in [2.05, 4.69) is 97.6 Å². The lowest BCUT2D eigenvalue weighted by molar-refractivity contribution is 0.632. The van der Waals surface area contributed by atoms with Gasteiger partial charge in [0.25, 0.3) is 0 Å². The fourth-order valence-electron chi connectivity index (χ4n) is 3.52. The second-order valence-electron chi connectivity index (χ2n) is 6.33. The van der Waals surface area contributed by atoms with Crippen LogP contribution < -0.4 is 4.90 Å². The fraction of sp³-hybridized carbons (Fsp3) is 0.217. The number of hydrogen-bond acceptors (Lipinski definition) is 1. The zero-order valence-corrected chi connectivity index (χ0v) is 15.0. The Hall–Kier alpha value is -2.54. The van der Waals surface area contributed by atoms with Crippen LogP contribution >= 0.6 is 0 Å². The molecule has 1 heteroatoms. The van der Waals surface area contributed by atoms with Crippen molar-refractivity contribution in [2.24, 2.45) is 0 Å². The third-order valence-electron chi connectivity index (χ3n) is 4.65. The van der Waals surface area contributed by atoms with E-state index in [4.69, 9.17) is 0 Å². The molecule has 1 nitrogen and oxygen atoms in total. The van der Waals surface area contributed by atoms with Gasteiger partial charge < -0.3 is 4.90 Å². The van der Waals surface area contributed by atoms with E-state index in [0.717, 1.165) is 0 Å². The molecule has 1 heterocycles. The Kier molecular flexibility index (Phi) is 4.44. The summed E-state index contributed by atoms with van der Waals surface area (Å²) in [6.07, 6.45) is 0. The molecule has 0 radical (unpaired) electrons. The molecule has 0 unspecified atom stereocenters. The Morgan fingerprint density at radius 3 is 1.50 bits per heavy atom. The van der Waals surface area contributed by atoms with Crippen molar-refractivity contribution in [1.82, 2.24) is 0 Å². The van der Waals surface area contributed by atoms with Crippen molar-refractivity contribution in [3.8, 4) is 0 Å². The lowest BCUT2D eigenvalue weighted by atomic mass is 9.73. The number of anilines is 3. The number of rotatable bonds is 1. The molecule has 0 saturated heterocycles. The SMILES string of the molecule is CC.CC1(C)c2ccccc2N(c2ccccc2)c2ccccc21. The highest BCUT2D eigenvalue weighted by Gasteiger charge is 2.36. The molecule has 24 heavy (non-hydrogen) atoms. The van der Waals surface area contributed by atoms with Crippen LogP contribution in [0.15, 0.2) is 78.9 Å². The van der Waals surface area contributed by atoms with E-state index in [0.29, 0.717) is 0 Å². The maximum atomic E-state index is 2.37. The van der Waals surface area contributed by atoms with Gasteiger partial charge in [-0.25, -0.2) is 0 Å². The molecule has 0 amide bonds. The molecule has 0 saturated carbocycles. The second kappa shape index (κ2) is 6.52. The van der Waals surface area contributed by atoms with Crippen LogP contribution in [0.4, 0.5) is 17.1 Å². The highest BCUT2D eigenvalue weighted by atomic mass is 15.2. The molecule has 3 aromatic rings. The standard InChI is InChI=1S/C21H19N.C2H6/c1-21(2)17-12-6-8-14-19(17)22(16-10-4-3-5-11-16)20-15-9-7-13-18(20)21;1-2/h3-15H,1-2H3;1-2H3. The van der Waals surface area contributed by atoms with Crippen molar-refractivity contribution >= 4 is 17.1 Å². The first-order chi connectivity index (χ1) is 11.7. The Bertz CT molecular complexity index is 769. The molecule has 0 atom stereocenters. The molecule has 0 N–H and O–H groups in total. The van der Waals surface area contributed by atoms with E-state index in [1.807, 2.05) is 13.8 Å². The first-order valence-electron chi connectivity index (χ1n) is 8.74. The number of benzene rings is 3. The Morgan fingerprint density at radius 2 is 1.00 bits per heavy atom. The third-order valence-corrected chi connectivity index (χ3v) is 4.65. The van der Waals surface area contributed by atoms with Crippen molar-refractivity contribution in [3.05, 3.63) is 90.0 Å². The zero-order valence-electron chi connectivity index (χ0n) is 15.0. The van der Waals surface area contributed by atoms with Crippen molar-refractivity contribution < 1.29 is 0 Å². The number of para-hydroxylation sites is 3. The average Bonchev–Trinajstić information content (AvgIpc) is 2.65. The number of fused-ring (bicyclic) bond motifs is 2. The number of hydrogen-bond donors (Lipinski definition) is 0. The summed E-state index contributed by atoms with van der Waals surface area (Å²) in [5.41, 5.74) is 6.51. The molecule has 4 rings (SSSR count). The molecule has 0 aromatic heterocycles. The topological polar surface area (TPSA) is 3.24 Å². The second-order valence-corrected chi connectivity index (χ2v) is 6.33. The molecule has 0 bridgehead atoms. The molecular weight excluding hydrogens is 290 g/mol. The van der Waals surface area contributed by atoms with E-state index in [-0.39, 0.29) is 5.41 Å². The van der Waals surface area contributed by atoms with Crippen molar-refractivity contribution in [2.45, 2.75) is 33.1 Å². The zero-order chi connectivity index (χ0) is 17.2. The van der Waals surface area contributed by atoms with Gasteiger partial charge in [0, 0.05) is 11.1 Å². The molecule has 122 valence electrons. The van der Waals surface area contributed by atoms with Gasteiger partial charge in [0.05, 0.1) is 11.4 Å². The lowest BCUT2D eigenvalue weighted by Crippen LogP contribution is -2.30.